The maximum atomic E-state index is 5.69. The van der Waals surface area contributed by atoms with Gasteiger partial charge in [-0.15, -0.1) is 0 Å². The molecule has 0 saturated heterocycles. The molecular weight excluding hydrogens is 120 g/mol. The van der Waals surface area contributed by atoms with Gasteiger partial charge in [-0.3, -0.25) is 0 Å². The maximum Gasteiger partial charge on any atom is 0.0411 e. The van der Waals surface area contributed by atoms with E-state index >= 15 is 0 Å². The predicted molar refractivity (Wildman–Crippen MR) is 34.3 cm³/mol. The van der Waals surface area contributed by atoms with Gasteiger partial charge in [0.25, 0.3) is 0 Å². The first-order valence-corrected chi connectivity index (χ1v) is 3.01. The molecule has 0 amide bonds. The van der Waals surface area contributed by atoms with Gasteiger partial charge in [0, 0.05) is 5.02 Å². The molecule has 0 spiro atoms. The van der Waals surface area contributed by atoms with E-state index in [1.165, 1.54) is 11.1 Å². The zero-order valence-corrected chi connectivity index (χ0v) is 5.07. The summed E-state index contributed by atoms with van der Waals surface area (Å²) in [4.78, 5) is 0. The minimum atomic E-state index is 0.878. The van der Waals surface area contributed by atoms with Crippen molar-refractivity contribution in [1.82, 2.24) is 0 Å². The Hall–Kier alpha value is -0.490. The molecule has 1 heteroatoms. The Morgan fingerprint density at radius 3 is 1.88 bits per heavy atom. The molecular formula is C7H5Cl. The lowest BCUT2D eigenvalue weighted by atomic mass is 9.94. The standard InChI is InChI=1S/C7H5Cl/c8-7-3-5-1-6(2-5)4-7/h1,3-4H,2H2. The molecule has 0 N–H and O–H groups in total. The highest BCUT2D eigenvalue weighted by molar-refractivity contribution is 6.30. The van der Waals surface area contributed by atoms with E-state index < -0.39 is 0 Å². The highest BCUT2D eigenvalue weighted by Crippen LogP contribution is 2.25. The molecule has 1 aromatic carbocycles. The fourth-order valence-corrected chi connectivity index (χ4v) is 1.31. The van der Waals surface area contributed by atoms with E-state index in [1.54, 1.807) is 0 Å². The summed E-state index contributed by atoms with van der Waals surface area (Å²) >= 11 is 5.69. The molecule has 1 aromatic rings. The molecule has 40 valence electrons. The molecule has 0 radical (unpaired) electrons. The Kier molecular flexibility index (Phi) is 0.694. The average molecular weight is 125 g/mol. The van der Waals surface area contributed by atoms with Crippen molar-refractivity contribution in [1.29, 1.82) is 0 Å². The summed E-state index contributed by atoms with van der Waals surface area (Å²) in [6.45, 7) is 0. The molecule has 8 heavy (non-hydrogen) atoms. The predicted octanol–water partition coefficient (Wildman–Crippen LogP) is 2.24. The van der Waals surface area contributed by atoms with E-state index in [0.717, 1.165) is 11.4 Å². The van der Waals surface area contributed by atoms with Crippen LogP contribution >= 0.6 is 11.6 Å². The van der Waals surface area contributed by atoms with Gasteiger partial charge in [0.1, 0.15) is 0 Å². The Balaban J connectivity index is 2.69. The van der Waals surface area contributed by atoms with E-state index in [1.807, 2.05) is 12.1 Å². The summed E-state index contributed by atoms with van der Waals surface area (Å²) in [5.41, 5.74) is 2.74. The van der Waals surface area contributed by atoms with Gasteiger partial charge in [-0.1, -0.05) is 17.7 Å². The van der Waals surface area contributed by atoms with Crippen LogP contribution in [0.4, 0.5) is 0 Å². The molecule has 2 bridgehead atoms. The molecule has 0 saturated carbocycles. The first kappa shape index (κ1) is 4.39. The van der Waals surface area contributed by atoms with Crippen LogP contribution < -0.4 is 0 Å². The summed E-state index contributed by atoms with van der Waals surface area (Å²) in [6.07, 6.45) is 1.14. The number of halogens is 1. The van der Waals surface area contributed by atoms with Gasteiger partial charge in [-0.05, 0) is 29.7 Å². The highest BCUT2D eigenvalue weighted by Gasteiger charge is 2.08. The zero-order valence-electron chi connectivity index (χ0n) is 4.32. The lowest BCUT2D eigenvalue weighted by Gasteiger charge is -2.13. The first-order valence-electron chi connectivity index (χ1n) is 2.63. The average Bonchev–Trinajstić information content (AvgIpc) is 1.62. The lowest BCUT2D eigenvalue weighted by Crippen LogP contribution is -1.99. The van der Waals surface area contributed by atoms with Crippen molar-refractivity contribution in [2.75, 3.05) is 0 Å². The molecule has 0 heterocycles. The molecule has 0 atom stereocenters. The second-order valence-corrected chi connectivity index (χ2v) is 2.58. The third-order valence-corrected chi connectivity index (χ3v) is 1.64. The fraction of sp³-hybridized carbons (Fsp3) is 0.143. The number of hydrogen-bond donors (Lipinski definition) is 0. The smallest absolute Gasteiger partial charge is 0.0411 e. The Labute approximate surface area is 53.1 Å². The van der Waals surface area contributed by atoms with Crippen LogP contribution in [-0.4, -0.2) is 0 Å². The zero-order chi connectivity index (χ0) is 5.56. The Morgan fingerprint density at radius 1 is 1.12 bits per heavy atom. The van der Waals surface area contributed by atoms with Crippen LogP contribution in [0.3, 0.4) is 0 Å². The van der Waals surface area contributed by atoms with Crippen LogP contribution in [-0.2, 0) is 6.42 Å². The van der Waals surface area contributed by atoms with Gasteiger partial charge in [-0.2, -0.15) is 0 Å². The van der Waals surface area contributed by atoms with Crippen molar-refractivity contribution in [2.24, 2.45) is 0 Å². The first-order chi connectivity index (χ1) is 3.84. The van der Waals surface area contributed by atoms with E-state index in [4.69, 9.17) is 11.6 Å². The van der Waals surface area contributed by atoms with Crippen LogP contribution in [0.2, 0.25) is 5.02 Å². The molecule has 3 rings (SSSR count). The Bertz CT molecular complexity index is 206. The molecule has 0 aliphatic heterocycles. The molecule has 2 aliphatic carbocycles. The second kappa shape index (κ2) is 1.26. The topological polar surface area (TPSA) is 0 Å². The van der Waals surface area contributed by atoms with Crippen LogP contribution in [0.5, 0.6) is 0 Å². The summed E-state index contributed by atoms with van der Waals surface area (Å²) in [5, 5.41) is 0.878. The lowest BCUT2D eigenvalue weighted by molar-refractivity contribution is 1.09. The summed E-state index contributed by atoms with van der Waals surface area (Å²) in [6, 6.07) is 6.18. The second-order valence-electron chi connectivity index (χ2n) is 2.14. The summed E-state index contributed by atoms with van der Waals surface area (Å²) < 4.78 is 0. The normalized spacial score (nSPS) is 13.1. The number of rotatable bonds is 0. The minimum absolute atomic E-state index is 0.878. The monoisotopic (exact) mass is 124 g/mol. The van der Waals surface area contributed by atoms with Gasteiger partial charge in [0.15, 0.2) is 0 Å². The van der Waals surface area contributed by atoms with Crippen molar-refractivity contribution in [3.63, 3.8) is 0 Å². The Morgan fingerprint density at radius 2 is 1.62 bits per heavy atom. The third kappa shape index (κ3) is 0.466. The minimum Gasteiger partial charge on any atom is -0.0843 e. The van der Waals surface area contributed by atoms with Crippen molar-refractivity contribution in [2.45, 2.75) is 6.42 Å². The van der Waals surface area contributed by atoms with Crippen LogP contribution in [0.1, 0.15) is 11.1 Å². The third-order valence-electron chi connectivity index (χ3n) is 1.43. The van der Waals surface area contributed by atoms with Gasteiger partial charge >= 0.3 is 0 Å². The van der Waals surface area contributed by atoms with Crippen LogP contribution in [0.15, 0.2) is 18.2 Å². The van der Waals surface area contributed by atoms with E-state index in [-0.39, 0.29) is 0 Å². The van der Waals surface area contributed by atoms with E-state index in [2.05, 4.69) is 6.07 Å². The fourth-order valence-electron chi connectivity index (χ4n) is 1.03. The molecule has 0 nitrogen and oxygen atoms in total. The number of fused-ring (bicyclic) bond motifs is 2. The van der Waals surface area contributed by atoms with E-state index in [0.29, 0.717) is 0 Å². The van der Waals surface area contributed by atoms with Crippen LogP contribution in [0, 0.1) is 0 Å². The van der Waals surface area contributed by atoms with E-state index in [9.17, 15) is 0 Å². The molecule has 0 aromatic heterocycles. The van der Waals surface area contributed by atoms with Crippen LogP contribution in [0.25, 0.3) is 0 Å². The SMILES string of the molecule is Clc1cc2cc(c1)C2. The van der Waals surface area contributed by atoms with Crippen molar-refractivity contribution in [3.8, 4) is 0 Å². The largest absolute Gasteiger partial charge is 0.0843 e. The van der Waals surface area contributed by atoms with Gasteiger partial charge in [-0.25, -0.2) is 0 Å². The van der Waals surface area contributed by atoms with Crippen molar-refractivity contribution < 1.29 is 0 Å². The van der Waals surface area contributed by atoms with Crippen molar-refractivity contribution in [3.05, 3.63) is 34.3 Å². The highest BCUT2D eigenvalue weighted by atomic mass is 35.5. The van der Waals surface area contributed by atoms with Crippen molar-refractivity contribution >= 4 is 11.6 Å². The molecule has 0 unspecified atom stereocenters. The summed E-state index contributed by atoms with van der Waals surface area (Å²) in [5.74, 6) is 0. The van der Waals surface area contributed by atoms with Gasteiger partial charge in [0.2, 0.25) is 0 Å². The molecule has 2 aliphatic rings. The molecule has 0 fully saturated rings. The summed E-state index contributed by atoms with van der Waals surface area (Å²) in [7, 11) is 0. The van der Waals surface area contributed by atoms with Gasteiger partial charge in [0.05, 0.1) is 0 Å². The van der Waals surface area contributed by atoms with Gasteiger partial charge < -0.3 is 0 Å². The maximum absolute atomic E-state index is 5.69. The quantitative estimate of drug-likeness (QED) is 0.505. The number of hydrogen-bond acceptors (Lipinski definition) is 0. The number of benzene rings is 1.